The minimum Gasteiger partial charge on any atom is -0.485 e. The lowest BCUT2D eigenvalue weighted by atomic mass is 9.92. The summed E-state index contributed by atoms with van der Waals surface area (Å²) in [7, 11) is 1.48. The molecule has 1 aliphatic rings. The molecule has 2 heterocycles. The lowest BCUT2D eigenvalue weighted by Gasteiger charge is -2.28. The number of halogens is 1. The lowest BCUT2D eigenvalue weighted by molar-refractivity contribution is -0.145. The van der Waals surface area contributed by atoms with Crippen molar-refractivity contribution in [1.82, 2.24) is 4.98 Å². The third kappa shape index (κ3) is 4.29. The number of carboxylic acids is 1. The maximum atomic E-state index is 14.2. The zero-order chi connectivity index (χ0) is 22.8. The Morgan fingerprint density at radius 2 is 1.97 bits per heavy atom. The molecule has 3 atom stereocenters. The number of aliphatic hydroxyl groups is 1. The SMILES string of the molecule is COc1cc(-c2ccc(C3CCc4ccc([C@H](O)[C@H](C)C(=O)O)cc4O3)cc2)c(F)cn1. The molecule has 0 amide bonds. The summed E-state index contributed by atoms with van der Waals surface area (Å²) in [5, 5.41) is 19.5. The number of benzene rings is 2. The molecule has 2 aromatic carbocycles. The summed E-state index contributed by atoms with van der Waals surface area (Å²) in [4.78, 5) is 15.1. The van der Waals surface area contributed by atoms with Crippen molar-refractivity contribution in [1.29, 1.82) is 0 Å². The standard InChI is InChI=1S/C25H24FNO5/c1-14(25(29)30)24(28)18-8-7-17-9-10-21(32-22(17)11-18)16-5-3-15(4-6-16)19-12-23(31-2)27-13-20(19)26/h3-8,11-14,21,24,28H,9-10H2,1-2H3,(H,29,30)/t14-,21?,24+/m0/s1. The van der Waals surface area contributed by atoms with E-state index in [0.29, 0.717) is 28.3 Å². The number of hydrogen-bond donors (Lipinski definition) is 2. The third-order valence-electron chi connectivity index (χ3n) is 5.87. The minimum absolute atomic E-state index is 0.197. The maximum absolute atomic E-state index is 14.2. The van der Waals surface area contributed by atoms with Gasteiger partial charge in [0.15, 0.2) is 0 Å². The van der Waals surface area contributed by atoms with Crippen molar-refractivity contribution in [2.45, 2.75) is 32.0 Å². The molecule has 1 unspecified atom stereocenters. The molecule has 2 N–H and O–H groups in total. The number of rotatable bonds is 6. The van der Waals surface area contributed by atoms with E-state index in [0.717, 1.165) is 30.2 Å². The number of ether oxygens (including phenoxy) is 2. The Kier molecular flexibility index (Phi) is 6.10. The number of pyridine rings is 1. The Hall–Kier alpha value is -3.45. The van der Waals surface area contributed by atoms with Crippen molar-refractivity contribution in [3.8, 4) is 22.8 Å². The predicted octanol–water partition coefficient (Wildman–Crippen LogP) is 4.72. The molecule has 32 heavy (non-hydrogen) atoms. The normalized spacial score (nSPS) is 17.1. The van der Waals surface area contributed by atoms with Crippen LogP contribution in [0.3, 0.4) is 0 Å². The molecule has 3 aromatic rings. The highest BCUT2D eigenvalue weighted by molar-refractivity contribution is 5.70. The van der Waals surface area contributed by atoms with E-state index in [1.54, 1.807) is 18.2 Å². The molecule has 4 rings (SSSR count). The highest BCUT2D eigenvalue weighted by Crippen LogP contribution is 2.38. The van der Waals surface area contributed by atoms with Crippen molar-refractivity contribution in [3.05, 3.63) is 77.2 Å². The molecule has 166 valence electrons. The third-order valence-corrected chi connectivity index (χ3v) is 5.87. The first kappa shape index (κ1) is 21.8. The fraction of sp³-hybridized carbons (Fsp3) is 0.280. The molecule has 0 saturated carbocycles. The van der Waals surface area contributed by atoms with Gasteiger partial charge < -0.3 is 19.7 Å². The summed E-state index contributed by atoms with van der Waals surface area (Å²) < 4.78 is 25.5. The van der Waals surface area contributed by atoms with Gasteiger partial charge >= 0.3 is 5.97 Å². The van der Waals surface area contributed by atoms with Crippen molar-refractivity contribution >= 4 is 5.97 Å². The Balaban J connectivity index is 1.55. The summed E-state index contributed by atoms with van der Waals surface area (Å²) in [5.41, 5.74) is 3.59. The second-order valence-corrected chi connectivity index (χ2v) is 7.91. The van der Waals surface area contributed by atoms with Crippen molar-refractivity contribution < 1.29 is 28.9 Å². The van der Waals surface area contributed by atoms with Gasteiger partial charge in [0, 0.05) is 11.6 Å². The van der Waals surface area contributed by atoms with E-state index in [-0.39, 0.29) is 6.10 Å². The molecule has 6 nitrogen and oxygen atoms in total. The summed E-state index contributed by atoms with van der Waals surface area (Å²) in [5.74, 6) is -1.43. The fourth-order valence-electron chi connectivity index (χ4n) is 3.86. The van der Waals surface area contributed by atoms with Gasteiger partial charge in [-0.25, -0.2) is 9.37 Å². The van der Waals surface area contributed by atoms with Crippen LogP contribution < -0.4 is 9.47 Å². The molecular formula is C25H24FNO5. The van der Waals surface area contributed by atoms with Gasteiger partial charge in [-0.05, 0) is 48.1 Å². The van der Waals surface area contributed by atoms with Gasteiger partial charge in [-0.2, -0.15) is 0 Å². The largest absolute Gasteiger partial charge is 0.485 e. The van der Waals surface area contributed by atoms with Crippen LogP contribution in [-0.2, 0) is 11.2 Å². The summed E-state index contributed by atoms with van der Waals surface area (Å²) in [6.07, 6.45) is 1.39. The first-order valence-corrected chi connectivity index (χ1v) is 10.4. The van der Waals surface area contributed by atoms with E-state index in [1.165, 1.54) is 14.0 Å². The zero-order valence-corrected chi connectivity index (χ0v) is 17.8. The first-order valence-electron chi connectivity index (χ1n) is 10.4. The highest BCUT2D eigenvalue weighted by atomic mass is 19.1. The van der Waals surface area contributed by atoms with E-state index in [4.69, 9.17) is 14.6 Å². The van der Waals surface area contributed by atoms with Gasteiger partial charge in [-0.15, -0.1) is 0 Å². The Morgan fingerprint density at radius 1 is 1.22 bits per heavy atom. The number of nitrogens with zero attached hydrogens (tertiary/aromatic N) is 1. The van der Waals surface area contributed by atoms with Gasteiger partial charge in [0.05, 0.1) is 25.3 Å². The smallest absolute Gasteiger partial charge is 0.309 e. The fourth-order valence-corrected chi connectivity index (χ4v) is 3.86. The number of methoxy groups -OCH3 is 1. The van der Waals surface area contributed by atoms with Crippen molar-refractivity contribution in [2.75, 3.05) is 7.11 Å². The summed E-state index contributed by atoms with van der Waals surface area (Å²) in [6, 6.07) is 14.4. The second kappa shape index (κ2) is 8.96. The molecule has 0 radical (unpaired) electrons. The van der Waals surface area contributed by atoms with Crippen LogP contribution in [0.15, 0.2) is 54.7 Å². The first-order chi connectivity index (χ1) is 15.4. The Bertz CT molecular complexity index is 1130. The van der Waals surface area contributed by atoms with Crippen molar-refractivity contribution in [2.24, 2.45) is 5.92 Å². The van der Waals surface area contributed by atoms with Gasteiger partial charge in [0.2, 0.25) is 5.88 Å². The monoisotopic (exact) mass is 437 g/mol. The van der Waals surface area contributed by atoms with Crippen molar-refractivity contribution in [3.63, 3.8) is 0 Å². The van der Waals surface area contributed by atoms with Crippen LogP contribution in [0, 0.1) is 11.7 Å². The number of aromatic nitrogens is 1. The average molecular weight is 437 g/mol. The topological polar surface area (TPSA) is 88.9 Å². The number of aliphatic hydroxyl groups excluding tert-OH is 1. The number of hydrogen-bond acceptors (Lipinski definition) is 5. The maximum Gasteiger partial charge on any atom is 0.309 e. The highest BCUT2D eigenvalue weighted by Gasteiger charge is 2.26. The summed E-state index contributed by atoms with van der Waals surface area (Å²) in [6.45, 7) is 1.47. The van der Waals surface area contributed by atoms with E-state index in [9.17, 15) is 14.3 Å². The molecule has 0 aliphatic carbocycles. The van der Waals surface area contributed by atoms with Gasteiger partial charge in [0.1, 0.15) is 17.7 Å². The molecular weight excluding hydrogens is 413 g/mol. The predicted molar refractivity (Wildman–Crippen MR) is 116 cm³/mol. The van der Waals surface area contributed by atoms with E-state index in [2.05, 4.69) is 4.98 Å². The van der Waals surface area contributed by atoms with Crippen LogP contribution in [0.25, 0.3) is 11.1 Å². The summed E-state index contributed by atoms with van der Waals surface area (Å²) >= 11 is 0. The molecule has 0 bridgehead atoms. The lowest BCUT2D eigenvalue weighted by Crippen LogP contribution is -2.20. The van der Waals surface area contributed by atoms with Crippen LogP contribution in [0.1, 0.15) is 42.2 Å². The Morgan fingerprint density at radius 3 is 2.66 bits per heavy atom. The van der Waals surface area contributed by atoms with E-state index in [1.807, 2.05) is 30.3 Å². The second-order valence-electron chi connectivity index (χ2n) is 7.91. The van der Waals surface area contributed by atoms with Crippen LogP contribution >= 0.6 is 0 Å². The van der Waals surface area contributed by atoms with Gasteiger partial charge in [-0.3, -0.25) is 4.79 Å². The molecule has 1 aliphatic heterocycles. The van der Waals surface area contributed by atoms with Crippen LogP contribution in [0.2, 0.25) is 0 Å². The van der Waals surface area contributed by atoms with E-state index < -0.39 is 23.8 Å². The van der Waals surface area contributed by atoms with Crippen LogP contribution in [-0.4, -0.2) is 28.3 Å². The van der Waals surface area contributed by atoms with Crippen LogP contribution in [0.5, 0.6) is 11.6 Å². The number of fused-ring (bicyclic) bond motifs is 1. The molecule has 0 spiro atoms. The molecule has 0 fully saturated rings. The molecule has 7 heteroatoms. The van der Waals surface area contributed by atoms with Crippen LogP contribution in [0.4, 0.5) is 4.39 Å². The average Bonchev–Trinajstić information content (AvgIpc) is 2.82. The van der Waals surface area contributed by atoms with E-state index >= 15 is 0 Å². The quantitative estimate of drug-likeness (QED) is 0.580. The number of aryl methyl sites for hydroxylation is 1. The minimum atomic E-state index is -1.12. The molecule has 0 saturated heterocycles. The number of carbonyl (C=O) groups is 1. The number of carboxylic acid groups (broad SMARTS) is 1. The molecule has 1 aromatic heterocycles. The number of aliphatic carboxylic acids is 1. The Labute approximate surface area is 185 Å². The van der Waals surface area contributed by atoms with Gasteiger partial charge in [-0.1, -0.05) is 36.4 Å². The van der Waals surface area contributed by atoms with Gasteiger partial charge in [0.25, 0.3) is 0 Å². The zero-order valence-electron chi connectivity index (χ0n) is 17.8.